The van der Waals surface area contributed by atoms with Crippen molar-refractivity contribution >= 4 is 17.7 Å². The SMILES string of the molecule is CSCCC1(C(=O)O)CCOC1C1CC1. The second kappa shape index (κ2) is 4.34. The van der Waals surface area contributed by atoms with E-state index >= 15 is 0 Å². The maximum Gasteiger partial charge on any atom is 0.312 e. The molecule has 0 spiro atoms. The average Bonchev–Trinajstić information content (AvgIpc) is 2.96. The van der Waals surface area contributed by atoms with E-state index in [-0.39, 0.29) is 6.10 Å². The zero-order valence-corrected chi connectivity index (χ0v) is 9.89. The summed E-state index contributed by atoms with van der Waals surface area (Å²) in [6.07, 6.45) is 5.77. The third-order valence-electron chi connectivity index (χ3n) is 3.62. The largest absolute Gasteiger partial charge is 0.481 e. The van der Waals surface area contributed by atoms with Crippen molar-refractivity contribution in [2.24, 2.45) is 11.3 Å². The van der Waals surface area contributed by atoms with Gasteiger partial charge in [-0.25, -0.2) is 0 Å². The first-order valence-corrected chi connectivity index (χ1v) is 6.94. The lowest BCUT2D eigenvalue weighted by Gasteiger charge is -2.29. The van der Waals surface area contributed by atoms with Gasteiger partial charge in [0.1, 0.15) is 0 Å². The molecule has 0 bridgehead atoms. The Bertz CT molecular complexity index is 252. The Hall–Kier alpha value is -0.220. The van der Waals surface area contributed by atoms with Gasteiger partial charge in [0.15, 0.2) is 0 Å². The number of ether oxygens (including phenoxy) is 1. The second-order valence-electron chi connectivity index (χ2n) is 4.58. The summed E-state index contributed by atoms with van der Waals surface area (Å²) in [4.78, 5) is 11.5. The Morgan fingerprint density at radius 1 is 1.60 bits per heavy atom. The van der Waals surface area contributed by atoms with Gasteiger partial charge >= 0.3 is 5.97 Å². The number of rotatable bonds is 5. The van der Waals surface area contributed by atoms with Crippen LogP contribution in [0.4, 0.5) is 0 Å². The van der Waals surface area contributed by atoms with E-state index in [1.807, 2.05) is 6.26 Å². The van der Waals surface area contributed by atoms with Gasteiger partial charge < -0.3 is 9.84 Å². The highest BCUT2D eigenvalue weighted by molar-refractivity contribution is 7.98. The number of carboxylic acids is 1. The van der Waals surface area contributed by atoms with E-state index in [4.69, 9.17) is 4.74 Å². The normalized spacial score (nSPS) is 35.7. The Labute approximate surface area is 94.6 Å². The van der Waals surface area contributed by atoms with Crippen LogP contribution < -0.4 is 0 Å². The Balaban J connectivity index is 2.11. The molecule has 86 valence electrons. The molecule has 1 aliphatic heterocycles. The molecule has 2 aliphatic rings. The zero-order valence-electron chi connectivity index (χ0n) is 9.07. The van der Waals surface area contributed by atoms with Crippen molar-refractivity contribution in [3.8, 4) is 0 Å². The first kappa shape index (κ1) is 11.3. The predicted molar refractivity (Wildman–Crippen MR) is 60.1 cm³/mol. The van der Waals surface area contributed by atoms with Crippen LogP contribution in [0.15, 0.2) is 0 Å². The van der Waals surface area contributed by atoms with Crippen molar-refractivity contribution < 1.29 is 14.6 Å². The molecule has 0 amide bonds. The maximum absolute atomic E-state index is 11.5. The molecular formula is C11H18O3S. The van der Waals surface area contributed by atoms with Crippen LogP contribution in [0.5, 0.6) is 0 Å². The van der Waals surface area contributed by atoms with E-state index in [9.17, 15) is 9.90 Å². The van der Waals surface area contributed by atoms with Gasteiger partial charge in [-0.05, 0) is 43.6 Å². The highest BCUT2D eigenvalue weighted by Gasteiger charge is 2.55. The van der Waals surface area contributed by atoms with Crippen molar-refractivity contribution in [1.82, 2.24) is 0 Å². The van der Waals surface area contributed by atoms with E-state index in [2.05, 4.69) is 0 Å². The molecule has 0 aromatic carbocycles. The molecule has 2 fully saturated rings. The summed E-state index contributed by atoms with van der Waals surface area (Å²) in [5.41, 5.74) is -0.579. The van der Waals surface area contributed by atoms with Crippen molar-refractivity contribution in [2.45, 2.75) is 31.8 Å². The molecule has 1 N–H and O–H groups in total. The summed E-state index contributed by atoms with van der Waals surface area (Å²) in [7, 11) is 0. The fourth-order valence-electron chi connectivity index (χ4n) is 2.54. The zero-order chi connectivity index (χ0) is 10.9. The highest BCUT2D eigenvalue weighted by atomic mass is 32.2. The summed E-state index contributed by atoms with van der Waals surface area (Å²) in [6.45, 7) is 0.627. The Morgan fingerprint density at radius 2 is 2.33 bits per heavy atom. The lowest BCUT2D eigenvalue weighted by atomic mass is 9.76. The number of hydrogen-bond acceptors (Lipinski definition) is 3. The van der Waals surface area contributed by atoms with Crippen LogP contribution in [-0.2, 0) is 9.53 Å². The predicted octanol–water partition coefficient (Wildman–Crippen LogP) is 2.01. The van der Waals surface area contributed by atoms with Gasteiger partial charge in [-0.15, -0.1) is 0 Å². The van der Waals surface area contributed by atoms with Crippen LogP contribution >= 0.6 is 11.8 Å². The molecule has 2 atom stereocenters. The first-order chi connectivity index (χ1) is 7.20. The van der Waals surface area contributed by atoms with E-state index < -0.39 is 11.4 Å². The maximum atomic E-state index is 11.5. The second-order valence-corrected chi connectivity index (χ2v) is 5.57. The van der Waals surface area contributed by atoms with Gasteiger partial charge in [0.05, 0.1) is 11.5 Å². The molecule has 2 unspecified atom stereocenters. The first-order valence-electron chi connectivity index (χ1n) is 5.54. The van der Waals surface area contributed by atoms with Crippen LogP contribution in [0.25, 0.3) is 0 Å². The van der Waals surface area contributed by atoms with E-state index in [1.54, 1.807) is 11.8 Å². The number of hydrogen-bond donors (Lipinski definition) is 1. The van der Waals surface area contributed by atoms with Crippen LogP contribution in [-0.4, -0.2) is 35.8 Å². The summed E-state index contributed by atoms with van der Waals surface area (Å²) in [5, 5.41) is 9.45. The van der Waals surface area contributed by atoms with E-state index in [0.717, 1.165) is 25.0 Å². The Kier molecular flexibility index (Phi) is 3.26. The van der Waals surface area contributed by atoms with Crippen molar-refractivity contribution in [3.05, 3.63) is 0 Å². The Morgan fingerprint density at radius 3 is 2.87 bits per heavy atom. The minimum absolute atomic E-state index is 0.0119. The van der Waals surface area contributed by atoms with Crippen LogP contribution in [0.1, 0.15) is 25.7 Å². The fraction of sp³-hybridized carbons (Fsp3) is 0.909. The number of aliphatic carboxylic acids is 1. The van der Waals surface area contributed by atoms with Crippen LogP contribution in [0.2, 0.25) is 0 Å². The van der Waals surface area contributed by atoms with Gasteiger partial charge in [-0.1, -0.05) is 0 Å². The summed E-state index contributed by atoms with van der Waals surface area (Å²) < 4.78 is 5.66. The molecule has 1 saturated heterocycles. The van der Waals surface area contributed by atoms with Gasteiger partial charge in [-0.2, -0.15) is 11.8 Å². The van der Waals surface area contributed by atoms with Crippen LogP contribution in [0.3, 0.4) is 0 Å². The van der Waals surface area contributed by atoms with Gasteiger partial charge in [0.2, 0.25) is 0 Å². The molecule has 4 heteroatoms. The lowest BCUT2D eigenvalue weighted by molar-refractivity contribution is -0.153. The standard InChI is InChI=1S/C11H18O3S/c1-15-7-5-11(10(12)13)4-6-14-9(11)8-2-3-8/h8-9H,2-7H2,1H3,(H,12,13). The molecule has 1 aliphatic carbocycles. The molecule has 2 rings (SSSR count). The lowest BCUT2D eigenvalue weighted by Crippen LogP contribution is -2.40. The van der Waals surface area contributed by atoms with Crippen molar-refractivity contribution in [3.63, 3.8) is 0 Å². The number of carbonyl (C=O) groups is 1. The number of thioether (sulfide) groups is 1. The van der Waals surface area contributed by atoms with E-state index in [0.29, 0.717) is 18.9 Å². The van der Waals surface area contributed by atoms with Gasteiger partial charge in [0, 0.05) is 6.61 Å². The van der Waals surface area contributed by atoms with E-state index in [1.165, 1.54) is 0 Å². The topological polar surface area (TPSA) is 46.5 Å². The average molecular weight is 230 g/mol. The minimum Gasteiger partial charge on any atom is -0.481 e. The smallest absolute Gasteiger partial charge is 0.312 e. The molecule has 0 aromatic rings. The third kappa shape index (κ3) is 2.02. The van der Waals surface area contributed by atoms with Gasteiger partial charge in [-0.3, -0.25) is 4.79 Å². The summed E-state index contributed by atoms with van der Waals surface area (Å²) in [5.74, 6) is 0.787. The van der Waals surface area contributed by atoms with Gasteiger partial charge in [0.25, 0.3) is 0 Å². The van der Waals surface area contributed by atoms with Crippen molar-refractivity contribution in [2.75, 3.05) is 18.6 Å². The molecule has 0 aromatic heterocycles. The molecular weight excluding hydrogens is 212 g/mol. The molecule has 1 saturated carbocycles. The van der Waals surface area contributed by atoms with Crippen molar-refractivity contribution in [1.29, 1.82) is 0 Å². The molecule has 0 radical (unpaired) electrons. The van der Waals surface area contributed by atoms with Crippen LogP contribution in [0, 0.1) is 11.3 Å². The molecule has 1 heterocycles. The molecule has 3 nitrogen and oxygen atoms in total. The minimum atomic E-state index is -0.647. The monoisotopic (exact) mass is 230 g/mol. The summed E-state index contributed by atoms with van der Waals surface area (Å²) in [6, 6.07) is 0. The quantitative estimate of drug-likeness (QED) is 0.785. The third-order valence-corrected chi connectivity index (χ3v) is 4.23. The molecule has 15 heavy (non-hydrogen) atoms. The number of carboxylic acid groups (broad SMARTS) is 1. The fourth-order valence-corrected chi connectivity index (χ4v) is 3.11. The highest BCUT2D eigenvalue weighted by Crippen LogP contribution is 2.50. The summed E-state index contributed by atoms with van der Waals surface area (Å²) >= 11 is 1.72.